The minimum absolute atomic E-state index is 0.0258. The van der Waals surface area contributed by atoms with Gasteiger partial charge in [0, 0.05) is 18.7 Å². The van der Waals surface area contributed by atoms with E-state index in [2.05, 4.69) is 16.7 Å². The van der Waals surface area contributed by atoms with Crippen LogP contribution in [0.3, 0.4) is 0 Å². The summed E-state index contributed by atoms with van der Waals surface area (Å²) in [6.07, 6.45) is 0.0604. The molecule has 4 amide bonds. The van der Waals surface area contributed by atoms with E-state index in [1.165, 1.54) is 4.90 Å². The highest BCUT2D eigenvalue weighted by Gasteiger charge is 2.56. The predicted octanol–water partition coefficient (Wildman–Crippen LogP) is 2.98. The number of nitrogens with zero attached hydrogens (tertiary/aromatic N) is 2. The molecule has 1 fully saturated rings. The van der Waals surface area contributed by atoms with Crippen molar-refractivity contribution in [3.05, 3.63) is 59.4 Å². The van der Waals surface area contributed by atoms with Crippen molar-refractivity contribution in [2.45, 2.75) is 51.1 Å². The van der Waals surface area contributed by atoms with Crippen LogP contribution in [-0.4, -0.2) is 47.2 Å². The Labute approximate surface area is 222 Å². The second-order valence-electron chi connectivity index (χ2n) is 10.9. The Morgan fingerprint density at radius 2 is 1.79 bits per heavy atom. The molecule has 204 valence electrons. The monoisotopic (exact) mass is 541 g/mol. The smallest absolute Gasteiger partial charge is 0.313 e. The van der Waals surface area contributed by atoms with Crippen molar-refractivity contribution in [2.75, 3.05) is 17.2 Å². The van der Waals surface area contributed by atoms with Crippen LogP contribution in [0.5, 0.6) is 0 Å². The highest BCUT2D eigenvalue weighted by molar-refractivity contribution is 6.40. The summed E-state index contributed by atoms with van der Waals surface area (Å²) in [6.45, 7) is 5.22. The van der Waals surface area contributed by atoms with Crippen molar-refractivity contribution in [1.82, 2.24) is 10.2 Å². The average molecular weight is 542 g/mol. The van der Waals surface area contributed by atoms with Crippen LogP contribution in [0.2, 0.25) is 0 Å². The average Bonchev–Trinajstić information content (AvgIpc) is 3.40. The van der Waals surface area contributed by atoms with Crippen molar-refractivity contribution >= 4 is 35.0 Å². The van der Waals surface area contributed by atoms with Gasteiger partial charge in [-0.2, -0.15) is 5.26 Å². The third-order valence-corrected chi connectivity index (χ3v) is 6.82. The summed E-state index contributed by atoms with van der Waals surface area (Å²) in [5, 5.41) is 16.6. The molecular formula is C27H26F3N5O4. The van der Waals surface area contributed by atoms with Crippen molar-refractivity contribution in [3.8, 4) is 6.07 Å². The summed E-state index contributed by atoms with van der Waals surface area (Å²) in [5.74, 6) is -8.39. The van der Waals surface area contributed by atoms with E-state index in [0.717, 1.165) is 0 Å². The largest absolute Gasteiger partial charge is 0.336 e. The molecular weight excluding hydrogens is 515 g/mol. The van der Waals surface area contributed by atoms with E-state index in [4.69, 9.17) is 0 Å². The number of nitrogens with one attached hydrogen (secondary N) is 3. The summed E-state index contributed by atoms with van der Waals surface area (Å²) >= 11 is 0. The molecule has 0 radical (unpaired) electrons. The second kappa shape index (κ2) is 10.1. The third kappa shape index (κ3) is 5.16. The van der Waals surface area contributed by atoms with Crippen molar-refractivity contribution in [2.24, 2.45) is 5.41 Å². The Morgan fingerprint density at radius 1 is 1.13 bits per heavy atom. The minimum atomic E-state index is -1.69. The zero-order valence-corrected chi connectivity index (χ0v) is 21.4. The molecule has 39 heavy (non-hydrogen) atoms. The van der Waals surface area contributed by atoms with Crippen LogP contribution in [0, 0.1) is 34.2 Å². The van der Waals surface area contributed by atoms with Gasteiger partial charge in [0.1, 0.15) is 23.6 Å². The lowest BCUT2D eigenvalue weighted by Gasteiger charge is -2.31. The Balaban J connectivity index is 1.58. The van der Waals surface area contributed by atoms with Crippen molar-refractivity contribution in [3.63, 3.8) is 0 Å². The van der Waals surface area contributed by atoms with Crippen molar-refractivity contribution < 1.29 is 32.3 Å². The molecule has 2 aliphatic heterocycles. The molecule has 0 saturated carbocycles. The van der Waals surface area contributed by atoms with Crippen LogP contribution < -0.4 is 16.0 Å². The van der Waals surface area contributed by atoms with Crippen LogP contribution in [0.1, 0.15) is 39.2 Å². The summed E-state index contributed by atoms with van der Waals surface area (Å²) in [6, 6.07) is 7.81. The zero-order valence-electron chi connectivity index (χ0n) is 21.4. The van der Waals surface area contributed by atoms with E-state index in [-0.39, 0.29) is 25.3 Å². The maximum Gasteiger partial charge on any atom is 0.313 e. The Morgan fingerprint density at radius 3 is 2.46 bits per heavy atom. The normalized spacial score (nSPS) is 20.7. The van der Waals surface area contributed by atoms with Gasteiger partial charge in [0.15, 0.2) is 11.6 Å². The number of benzene rings is 2. The molecule has 2 heterocycles. The molecule has 9 nitrogen and oxygen atoms in total. The third-order valence-electron chi connectivity index (χ3n) is 6.82. The number of carbonyl (C=O) groups excluding carboxylic acids is 4. The van der Waals surface area contributed by atoms with E-state index >= 15 is 0 Å². The van der Waals surface area contributed by atoms with E-state index in [9.17, 15) is 37.6 Å². The number of para-hydroxylation sites is 1. The molecule has 1 saturated heterocycles. The first-order valence-electron chi connectivity index (χ1n) is 12.1. The number of halogens is 3. The Hall–Kier alpha value is -4.40. The molecule has 2 aliphatic rings. The van der Waals surface area contributed by atoms with E-state index in [1.54, 1.807) is 50.4 Å². The van der Waals surface area contributed by atoms with E-state index in [0.29, 0.717) is 23.4 Å². The lowest BCUT2D eigenvalue weighted by Crippen LogP contribution is -2.53. The molecule has 2 aromatic carbocycles. The standard InChI is InChI=1S/C27H26F3N5O4/c1-26(2,3)11-19(32-22(36)23(37)34-21-17(29)9-8-16(28)20(21)30)24(38)35-13-27(10-14(35)12-31)15-6-4-5-7-18(15)33-25(27)39/h4-9,14,19H,10-11,13H2,1-3H3,(H,32,36)(H,33,39)(H,34,37)/t14-,19-,27-/m0/s1. The van der Waals surface area contributed by atoms with Gasteiger partial charge < -0.3 is 20.9 Å². The lowest BCUT2D eigenvalue weighted by atomic mass is 9.80. The van der Waals surface area contributed by atoms with Crippen LogP contribution in [0.15, 0.2) is 36.4 Å². The Kier molecular flexibility index (Phi) is 7.12. The maximum atomic E-state index is 14.0. The van der Waals surface area contributed by atoms with E-state index in [1.807, 2.05) is 0 Å². The number of likely N-dealkylation sites (tertiary alicyclic amines) is 1. The summed E-state index contributed by atoms with van der Waals surface area (Å²) in [7, 11) is 0. The molecule has 2 aromatic rings. The highest BCUT2D eigenvalue weighted by atomic mass is 19.2. The summed E-state index contributed by atoms with van der Waals surface area (Å²) < 4.78 is 41.4. The van der Waals surface area contributed by atoms with E-state index < -0.39 is 63.8 Å². The number of rotatable bonds is 4. The lowest BCUT2D eigenvalue weighted by molar-refractivity contribution is -0.141. The number of hydrogen-bond acceptors (Lipinski definition) is 5. The van der Waals surface area contributed by atoms with Crippen LogP contribution >= 0.6 is 0 Å². The van der Waals surface area contributed by atoms with Crippen molar-refractivity contribution in [1.29, 1.82) is 5.26 Å². The van der Waals surface area contributed by atoms with Gasteiger partial charge >= 0.3 is 11.8 Å². The number of nitriles is 1. The highest BCUT2D eigenvalue weighted by Crippen LogP contribution is 2.46. The van der Waals surface area contributed by atoms with Crippen LogP contribution in [-0.2, 0) is 24.6 Å². The molecule has 0 bridgehead atoms. The van der Waals surface area contributed by atoms with Gasteiger partial charge in [-0.15, -0.1) is 0 Å². The summed E-state index contributed by atoms with van der Waals surface area (Å²) in [4.78, 5) is 53.2. The number of anilines is 2. The fourth-order valence-electron chi connectivity index (χ4n) is 5.03. The maximum absolute atomic E-state index is 14.0. The quantitative estimate of drug-likeness (QED) is 0.405. The van der Waals surface area contributed by atoms with Gasteiger partial charge in [-0.1, -0.05) is 39.0 Å². The first kappa shape index (κ1) is 27.6. The first-order valence-corrected chi connectivity index (χ1v) is 12.1. The van der Waals surface area contributed by atoms with Gasteiger partial charge in [0.2, 0.25) is 11.8 Å². The van der Waals surface area contributed by atoms with Gasteiger partial charge in [-0.25, -0.2) is 13.2 Å². The van der Waals surface area contributed by atoms with Gasteiger partial charge in [-0.3, -0.25) is 19.2 Å². The molecule has 0 aromatic heterocycles. The van der Waals surface area contributed by atoms with Gasteiger partial charge in [0.25, 0.3) is 0 Å². The molecule has 12 heteroatoms. The molecule has 1 spiro atoms. The fourth-order valence-corrected chi connectivity index (χ4v) is 5.03. The molecule has 0 unspecified atom stereocenters. The molecule has 4 rings (SSSR count). The zero-order chi connectivity index (χ0) is 28.7. The topological polar surface area (TPSA) is 131 Å². The molecule has 3 N–H and O–H groups in total. The van der Waals surface area contributed by atoms with Gasteiger partial charge in [0.05, 0.1) is 11.5 Å². The van der Waals surface area contributed by atoms with Crippen LogP contribution in [0.25, 0.3) is 0 Å². The summed E-state index contributed by atoms with van der Waals surface area (Å²) in [5.41, 5.74) is -1.62. The first-order chi connectivity index (χ1) is 18.3. The number of hydrogen-bond donors (Lipinski definition) is 3. The molecule has 3 atom stereocenters. The SMILES string of the molecule is CC(C)(C)C[C@H](NC(=O)C(=O)Nc1c(F)ccc(F)c1F)C(=O)N1C[C@]2(C[C@H]1C#N)C(=O)Nc1ccccc12. The van der Waals surface area contributed by atoms with Crippen LogP contribution in [0.4, 0.5) is 24.5 Å². The number of carbonyl (C=O) groups is 4. The predicted molar refractivity (Wildman–Crippen MR) is 133 cm³/mol. The second-order valence-corrected chi connectivity index (χ2v) is 10.9. The molecule has 0 aliphatic carbocycles. The Bertz CT molecular complexity index is 1420. The number of fused-ring (bicyclic) bond motifs is 2. The number of amides is 4. The fraction of sp³-hybridized carbons (Fsp3) is 0.370. The van der Waals surface area contributed by atoms with Gasteiger partial charge in [-0.05, 0) is 35.6 Å². The minimum Gasteiger partial charge on any atom is -0.336 e.